The van der Waals surface area contributed by atoms with E-state index < -0.39 is 0 Å². The quantitative estimate of drug-likeness (QED) is 0.295. The van der Waals surface area contributed by atoms with Gasteiger partial charge in [0.15, 0.2) is 0 Å². The van der Waals surface area contributed by atoms with E-state index in [9.17, 15) is 0 Å². The van der Waals surface area contributed by atoms with Gasteiger partial charge >= 0.3 is 6.01 Å². The summed E-state index contributed by atoms with van der Waals surface area (Å²) in [4.78, 5) is 0. The maximum atomic E-state index is 5.11. The molecule has 6 nitrogen and oxygen atoms in total. The van der Waals surface area contributed by atoms with Crippen LogP contribution in [0.25, 0.3) is 0 Å². The molecule has 4 N–H and O–H groups in total. The molecule has 0 atom stereocenters. The van der Waals surface area contributed by atoms with Crippen LogP contribution in [0.1, 0.15) is 27.2 Å². The minimum atomic E-state index is -0.105. The molecule has 0 aromatic heterocycles. The summed E-state index contributed by atoms with van der Waals surface area (Å²) in [7, 11) is 0. The van der Waals surface area contributed by atoms with Crippen molar-refractivity contribution >= 4 is 30.1 Å². The Hall–Kier alpha value is -1.39. The summed E-state index contributed by atoms with van der Waals surface area (Å²) in [6.07, 6.45) is 0.886. The fourth-order valence-corrected chi connectivity index (χ4v) is 1.32. The van der Waals surface area contributed by atoms with Crippen LogP contribution in [-0.2, 0) is 0 Å². The molecule has 0 bridgehead atoms. The first-order valence-electron chi connectivity index (χ1n) is 4.30. The summed E-state index contributed by atoms with van der Waals surface area (Å²) in [6.45, 7) is 6.06. The number of hydrogen-bond donors (Lipinski definition) is 2. The van der Waals surface area contributed by atoms with Gasteiger partial charge in [-0.2, -0.15) is 0 Å². The number of halogens is 1. The third-order valence-electron chi connectivity index (χ3n) is 1.84. The Morgan fingerprint density at radius 1 is 1.53 bits per heavy atom. The minimum absolute atomic E-state index is 0. The molecule has 84 valence electrons. The van der Waals surface area contributed by atoms with Crippen molar-refractivity contribution in [1.29, 1.82) is 0 Å². The van der Waals surface area contributed by atoms with Gasteiger partial charge < -0.3 is 11.5 Å². The van der Waals surface area contributed by atoms with Gasteiger partial charge in [-0.05, 0) is 20.8 Å². The maximum Gasteiger partial charge on any atom is 0.369 e. The maximum absolute atomic E-state index is 5.11. The molecule has 0 saturated heterocycles. The second kappa shape index (κ2) is 4.91. The largest absolute Gasteiger partial charge is 0.369 e. The Morgan fingerprint density at radius 2 is 2.13 bits per heavy atom. The van der Waals surface area contributed by atoms with Gasteiger partial charge in [-0.1, -0.05) is 9.79 Å². The van der Waals surface area contributed by atoms with E-state index in [2.05, 4.69) is 21.3 Å². The van der Waals surface area contributed by atoms with Crippen LogP contribution in [-0.4, -0.2) is 27.9 Å². The summed E-state index contributed by atoms with van der Waals surface area (Å²) in [5.41, 5.74) is 11.2. The molecule has 0 aromatic rings. The Morgan fingerprint density at radius 3 is 2.53 bits per heavy atom. The van der Waals surface area contributed by atoms with E-state index in [1.165, 1.54) is 0 Å². The second-order valence-electron chi connectivity index (χ2n) is 3.86. The first-order chi connectivity index (χ1) is 6.42. The van der Waals surface area contributed by atoms with Gasteiger partial charge in [0.05, 0.1) is 5.71 Å². The summed E-state index contributed by atoms with van der Waals surface area (Å²) in [5.74, 6) is -0.0878. The number of rotatable bonds is 1. The minimum Gasteiger partial charge on any atom is -0.367 e. The van der Waals surface area contributed by atoms with Crippen molar-refractivity contribution in [2.24, 2.45) is 26.8 Å². The van der Waals surface area contributed by atoms with Gasteiger partial charge in [0, 0.05) is 11.5 Å². The average molecular weight is 232 g/mol. The molecule has 0 saturated carbocycles. The zero-order valence-corrected chi connectivity index (χ0v) is 9.88. The van der Waals surface area contributed by atoms with Gasteiger partial charge in [-0.3, -0.25) is 0 Å². The van der Waals surface area contributed by atoms with E-state index in [0.29, 0.717) is 0 Å². The zero-order valence-electron chi connectivity index (χ0n) is 9.06. The Bertz CT molecular complexity index is 357. The molecule has 1 aliphatic rings. The van der Waals surface area contributed by atoms with Crippen molar-refractivity contribution in [2.75, 3.05) is 0 Å². The molecule has 0 radical (unpaired) electrons. The summed E-state index contributed by atoms with van der Waals surface area (Å²) in [6, 6.07) is 2.66. The third-order valence-corrected chi connectivity index (χ3v) is 1.84. The van der Waals surface area contributed by atoms with Gasteiger partial charge in [0.25, 0.3) is 0 Å². The van der Waals surface area contributed by atoms with E-state index in [-0.39, 0.29) is 23.9 Å². The molecule has 1 aliphatic heterocycles. The number of guanidine groups is 1. The first kappa shape index (κ1) is 13.6. The van der Waals surface area contributed by atoms with E-state index in [0.717, 1.165) is 12.1 Å². The van der Waals surface area contributed by atoms with Crippen molar-refractivity contribution in [3.8, 4) is 0 Å². The van der Waals surface area contributed by atoms with Gasteiger partial charge in [-0.25, -0.2) is 0 Å². The molecule has 1 rings (SSSR count). The highest BCUT2D eigenvalue weighted by molar-refractivity contribution is 5.85. The van der Waals surface area contributed by atoms with E-state index >= 15 is 0 Å². The molecule has 0 unspecified atom stereocenters. The molecule has 0 amide bonds. The first-order valence-corrected chi connectivity index (χ1v) is 4.30. The third kappa shape index (κ3) is 3.69. The number of hydrogen-bond acceptors (Lipinski definition) is 3. The normalized spacial score (nSPS) is 17.3. The predicted molar refractivity (Wildman–Crippen MR) is 62.6 cm³/mol. The average Bonchev–Trinajstić information content (AvgIpc) is 2.24. The van der Waals surface area contributed by atoms with Crippen LogP contribution in [0.5, 0.6) is 0 Å². The van der Waals surface area contributed by atoms with Crippen LogP contribution in [0.15, 0.2) is 15.3 Å². The zero-order chi connectivity index (χ0) is 10.8. The molecule has 0 aromatic carbocycles. The Kier molecular flexibility index (Phi) is 4.45. The topological polar surface area (TPSA) is 92.1 Å². The molecule has 15 heavy (non-hydrogen) atoms. The lowest BCUT2D eigenvalue weighted by molar-refractivity contribution is -0.590. The van der Waals surface area contributed by atoms with Gasteiger partial charge in [0.1, 0.15) is 10.6 Å². The predicted octanol–water partition coefficient (Wildman–Crippen LogP) is 0.341. The monoisotopic (exact) mass is 231 g/mol. The smallest absolute Gasteiger partial charge is 0.367 e. The standard InChI is InChI=1S/C8H15N6.ClH/c1-6-4-8(2,3)14(13-6)5-11-12-7(9)10;/h4H2,1-3H3,(H4,9,10,12);1H/q+1;. The lowest BCUT2D eigenvalue weighted by atomic mass is 10.0. The number of hydrazone groups is 1. The van der Waals surface area contributed by atoms with Crippen LogP contribution < -0.4 is 11.5 Å². The van der Waals surface area contributed by atoms with E-state index in [1.54, 1.807) is 4.68 Å². The second-order valence-corrected chi connectivity index (χ2v) is 3.86. The summed E-state index contributed by atoms with van der Waals surface area (Å²) >= 11 is 0. The van der Waals surface area contributed by atoms with Crippen molar-refractivity contribution in [3.63, 3.8) is 0 Å². The SMILES string of the molecule is CC1=N[N+](=C=NN=C(N)N)C(C)(C)C1.Cl. The molecule has 7 heteroatoms. The fourth-order valence-electron chi connectivity index (χ4n) is 1.32. The van der Waals surface area contributed by atoms with Gasteiger partial charge in [0.2, 0.25) is 5.96 Å². The van der Waals surface area contributed by atoms with Crippen LogP contribution >= 0.6 is 12.4 Å². The summed E-state index contributed by atoms with van der Waals surface area (Å²) < 4.78 is 1.63. The van der Waals surface area contributed by atoms with Crippen LogP contribution in [0, 0.1) is 0 Å². The fraction of sp³-hybridized carbons (Fsp3) is 0.625. The van der Waals surface area contributed by atoms with Crippen molar-refractivity contribution in [2.45, 2.75) is 32.7 Å². The van der Waals surface area contributed by atoms with Crippen LogP contribution in [0.2, 0.25) is 0 Å². The summed E-state index contributed by atoms with van der Waals surface area (Å²) in [5, 5.41) is 11.3. The van der Waals surface area contributed by atoms with E-state index in [4.69, 9.17) is 11.5 Å². The molecular weight excluding hydrogens is 216 g/mol. The van der Waals surface area contributed by atoms with Crippen molar-refractivity contribution in [1.82, 2.24) is 0 Å². The van der Waals surface area contributed by atoms with Crippen LogP contribution in [0.4, 0.5) is 0 Å². The lowest BCUT2D eigenvalue weighted by Crippen LogP contribution is -2.28. The number of nitrogens with two attached hydrogens (primary N) is 2. The lowest BCUT2D eigenvalue weighted by Gasteiger charge is -2.10. The Balaban J connectivity index is 0.00000196. The van der Waals surface area contributed by atoms with Crippen molar-refractivity contribution in [3.05, 3.63) is 0 Å². The molecule has 0 fully saturated rings. The highest BCUT2D eigenvalue weighted by Gasteiger charge is 2.34. The van der Waals surface area contributed by atoms with Crippen molar-refractivity contribution < 1.29 is 4.68 Å². The highest BCUT2D eigenvalue weighted by atomic mass is 35.5. The Labute approximate surface area is 94.9 Å². The van der Waals surface area contributed by atoms with E-state index in [1.807, 2.05) is 20.8 Å². The van der Waals surface area contributed by atoms with Gasteiger partial charge in [-0.15, -0.1) is 12.4 Å². The van der Waals surface area contributed by atoms with Crippen LogP contribution in [0.3, 0.4) is 0 Å². The highest BCUT2D eigenvalue weighted by Crippen LogP contribution is 2.20. The molecule has 0 spiro atoms. The number of nitrogens with zero attached hydrogens (tertiary/aromatic N) is 4. The molecule has 0 aliphatic carbocycles. The molecule has 1 heterocycles. The molecular formula is C8H16ClN6+.